The standard InChI is InChI=1S/C5H5N5O5/c6-2-1-8(11)5(10(14)15)4(3(2)7)9(12)13/h1,7,11H,6H2. The summed E-state index contributed by atoms with van der Waals surface area (Å²) in [7, 11) is 0. The van der Waals surface area contributed by atoms with Crippen molar-refractivity contribution in [2.75, 3.05) is 5.73 Å². The topological polar surface area (TPSA) is 161 Å². The van der Waals surface area contributed by atoms with Gasteiger partial charge in [0.1, 0.15) is 5.69 Å². The van der Waals surface area contributed by atoms with Crippen molar-refractivity contribution >= 4 is 17.2 Å². The molecule has 0 saturated carbocycles. The average Bonchev–Trinajstić information content (AvgIpc) is 2.09. The van der Waals surface area contributed by atoms with Gasteiger partial charge < -0.3 is 21.1 Å². The summed E-state index contributed by atoms with van der Waals surface area (Å²) in [6.45, 7) is 0. The molecule has 0 bridgehead atoms. The van der Waals surface area contributed by atoms with Gasteiger partial charge in [-0.1, -0.05) is 0 Å². The van der Waals surface area contributed by atoms with Crippen LogP contribution in [0.15, 0.2) is 6.20 Å². The van der Waals surface area contributed by atoms with Crippen molar-refractivity contribution in [1.82, 2.24) is 4.73 Å². The molecule has 1 rings (SSSR count). The molecule has 0 amide bonds. The Morgan fingerprint density at radius 1 is 1.40 bits per heavy atom. The molecular formula is C5H5N5O5. The number of aromatic nitrogens is 1. The first kappa shape index (κ1) is 10.4. The number of nitro groups is 2. The average molecular weight is 215 g/mol. The Labute approximate surface area is 80.9 Å². The highest BCUT2D eigenvalue weighted by molar-refractivity contribution is 5.54. The predicted molar refractivity (Wildman–Crippen MR) is 45.2 cm³/mol. The lowest BCUT2D eigenvalue weighted by Crippen LogP contribution is -2.19. The molecule has 80 valence electrons. The first-order chi connectivity index (χ1) is 6.86. The molecule has 0 aromatic carbocycles. The Morgan fingerprint density at radius 3 is 2.33 bits per heavy atom. The van der Waals surface area contributed by atoms with Gasteiger partial charge in [0.15, 0.2) is 11.6 Å². The molecule has 10 nitrogen and oxygen atoms in total. The van der Waals surface area contributed by atoms with Crippen LogP contribution in [0.25, 0.3) is 0 Å². The fourth-order valence-electron chi connectivity index (χ4n) is 0.958. The largest absolute Gasteiger partial charge is 0.442 e. The number of nitrogens with one attached hydrogen (secondary N) is 1. The van der Waals surface area contributed by atoms with E-state index < -0.39 is 32.4 Å². The van der Waals surface area contributed by atoms with Crippen molar-refractivity contribution in [2.24, 2.45) is 0 Å². The number of anilines is 1. The van der Waals surface area contributed by atoms with Crippen molar-refractivity contribution in [3.63, 3.8) is 0 Å². The van der Waals surface area contributed by atoms with Gasteiger partial charge in [0.25, 0.3) is 0 Å². The van der Waals surface area contributed by atoms with Crippen molar-refractivity contribution in [1.29, 1.82) is 5.41 Å². The third-order valence-corrected chi connectivity index (χ3v) is 1.57. The maximum Gasteiger partial charge on any atom is 0.442 e. The quantitative estimate of drug-likeness (QED) is 0.345. The molecule has 0 saturated heterocycles. The maximum absolute atomic E-state index is 10.5. The van der Waals surface area contributed by atoms with Gasteiger partial charge in [0.2, 0.25) is 0 Å². The molecule has 15 heavy (non-hydrogen) atoms. The summed E-state index contributed by atoms with van der Waals surface area (Å²) >= 11 is 0. The zero-order valence-corrected chi connectivity index (χ0v) is 7.08. The van der Waals surface area contributed by atoms with Crippen LogP contribution in [0.2, 0.25) is 0 Å². The van der Waals surface area contributed by atoms with E-state index in [2.05, 4.69) is 0 Å². The first-order valence-electron chi connectivity index (χ1n) is 3.44. The second-order valence-corrected chi connectivity index (χ2v) is 2.49. The van der Waals surface area contributed by atoms with E-state index >= 15 is 0 Å². The van der Waals surface area contributed by atoms with Crippen LogP contribution in [-0.4, -0.2) is 19.8 Å². The number of nitrogen functional groups attached to an aromatic ring is 1. The van der Waals surface area contributed by atoms with E-state index in [9.17, 15) is 20.2 Å². The van der Waals surface area contributed by atoms with E-state index in [1.165, 1.54) is 0 Å². The Bertz CT molecular complexity index is 505. The van der Waals surface area contributed by atoms with Gasteiger partial charge in [-0.25, -0.2) is 0 Å². The molecule has 0 unspecified atom stereocenters. The molecule has 1 aromatic heterocycles. The molecule has 0 spiro atoms. The van der Waals surface area contributed by atoms with Gasteiger partial charge in [0, 0.05) is 0 Å². The summed E-state index contributed by atoms with van der Waals surface area (Å²) < 4.78 is -0.0918. The van der Waals surface area contributed by atoms with Crippen molar-refractivity contribution in [3.05, 3.63) is 31.8 Å². The van der Waals surface area contributed by atoms with Crippen molar-refractivity contribution in [2.45, 2.75) is 0 Å². The number of nitrogens with two attached hydrogens (primary N) is 1. The lowest BCUT2D eigenvalue weighted by molar-refractivity contribution is -0.431. The van der Waals surface area contributed by atoms with E-state index in [4.69, 9.17) is 16.4 Å². The van der Waals surface area contributed by atoms with Crippen LogP contribution in [0.3, 0.4) is 0 Å². The minimum absolute atomic E-state index is 0.0918. The number of rotatable bonds is 2. The SMILES string of the molecule is N=c1c(N)cn(O)c([N+](=O)[O-])c1[N+](=O)[O-]. The molecular weight excluding hydrogens is 210 g/mol. The Hall–Kier alpha value is -2.65. The first-order valence-corrected chi connectivity index (χ1v) is 3.44. The molecule has 1 aromatic rings. The molecule has 0 aliphatic carbocycles. The smallest absolute Gasteiger partial charge is 0.394 e. The third-order valence-electron chi connectivity index (χ3n) is 1.57. The van der Waals surface area contributed by atoms with E-state index in [0.717, 1.165) is 0 Å². The summed E-state index contributed by atoms with van der Waals surface area (Å²) in [5.41, 5.74) is 3.55. The highest BCUT2D eigenvalue weighted by Crippen LogP contribution is 2.22. The number of hydrogen-bond donors (Lipinski definition) is 3. The Morgan fingerprint density at radius 2 is 1.93 bits per heavy atom. The fourth-order valence-corrected chi connectivity index (χ4v) is 0.958. The minimum Gasteiger partial charge on any atom is -0.394 e. The molecule has 0 fully saturated rings. The molecule has 0 aliphatic heterocycles. The predicted octanol–water partition coefficient (Wildman–Crippen LogP) is -0.397. The second-order valence-electron chi connectivity index (χ2n) is 2.49. The fraction of sp³-hybridized carbons (Fsp3) is 0. The Balaban J connectivity index is 3.78. The van der Waals surface area contributed by atoms with Gasteiger partial charge in [-0.15, -0.1) is 0 Å². The second kappa shape index (κ2) is 3.25. The highest BCUT2D eigenvalue weighted by atomic mass is 16.6. The maximum atomic E-state index is 10.5. The van der Waals surface area contributed by atoms with Crippen LogP contribution >= 0.6 is 0 Å². The van der Waals surface area contributed by atoms with E-state index in [-0.39, 0.29) is 4.73 Å². The lowest BCUT2D eigenvalue weighted by atomic mass is 10.3. The van der Waals surface area contributed by atoms with E-state index in [1.54, 1.807) is 0 Å². The summed E-state index contributed by atoms with van der Waals surface area (Å²) in [6.07, 6.45) is 0.646. The van der Waals surface area contributed by atoms with Gasteiger partial charge in [-0.3, -0.25) is 15.5 Å². The molecule has 10 heteroatoms. The third kappa shape index (κ3) is 1.54. The van der Waals surface area contributed by atoms with E-state index in [1.807, 2.05) is 0 Å². The summed E-state index contributed by atoms with van der Waals surface area (Å²) in [5.74, 6) is -1.21. The van der Waals surface area contributed by atoms with Crippen LogP contribution in [0.5, 0.6) is 0 Å². The minimum atomic E-state index is -1.21. The Kier molecular flexibility index (Phi) is 2.26. The summed E-state index contributed by atoms with van der Waals surface area (Å²) in [6, 6.07) is 0. The molecule has 1 heterocycles. The summed E-state index contributed by atoms with van der Waals surface area (Å²) in [4.78, 5) is 18.5. The number of hydrogen-bond acceptors (Lipinski definition) is 7. The highest BCUT2D eigenvalue weighted by Gasteiger charge is 2.31. The van der Waals surface area contributed by atoms with Crippen LogP contribution in [0, 0.1) is 25.6 Å². The van der Waals surface area contributed by atoms with Gasteiger partial charge in [-0.05, 0) is 9.65 Å². The van der Waals surface area contributed by atoms with Crippen LogP contribution in [0.1, 0.15) is 0 Å². The van der Waals surface area contributed by atoms with E-state index in [0.29, 0.717) is 6.20 Å². The normalized spacial score (nSPS) is 9.87. The zero-order valence-electron chi connectivity index (χ0n) is 7.08. The zero-order chi connectivity index (χ0) is 11.7. The monoisotopic (exact) mass is 215 g/mol. The lowest BCUT2D eigenvalue weighted by Gasteiger charge is -2.01. The van der Waals surface area contributed by atoms with Crippen molar-refractivity contribution < 1.29 is 15.1 Å². The van der Waals surface area contributed by atoms with Crippen LogP contribution < -0.4 is 11.1 Å². The van der Waals surface area contributed by atoms with Gasteiger partial charge in [-0.2, -0.15) is 0 Å². The molecule has 4 N–H and O–H groups in total. The molecule has 0 radical (unpaired) electrons. The van der Waals surface area contributed by atoms with Crippen LogP contribution in [0.4, 0.5) is 17.2 Å². The van der Waals surface area contributed by atoms with Gasteiger partial charge in [0.05, 0.1) is 4.92 Å². The summed E-state index contributed by atoms with van der Waals surface area (Å²) in [5, 5.41) is 36.2. The number of pyridine rings is 1. The molecule has 0 aliphatic rings. The molecule has 0 atom stereocenters. The van der Waals surface area contributed by atoms with Crippen LogP contribution in [-0.2, 0) is 0 Å². The number of nitrogens with zero attached hydrogens (tertiary/aromatic N) is 3. The van der Waals surface area contributed by atoms with Crippen molar-refractivity contribution in [3.8, 4) is 0 Å². The van der Waals surface area contributed by atoms with Gasteiger partial charge >= 0.3 is 11.5 Å².